The minimum Gasteiger partial charge on any atom is -0.493 e. The molecular weight excluding hydrogens is 446 g/mol. The maximum absolute atomic E-state index is 11.1. The van der Waals surface area contributed by atoms with E-state index in [4.69, 9.17) is 30.9 Å². The predicted octanol–water partition coefficient (Wildman–Crippen LogP) is 5.51. The Morgan fingerprint density at radius 2 is 1.82 bits per heavy atom. The number of ether oxygens (including phenoxy) is 3. The first-order valence-electron chi connectivity index (χ1n) is 10.3. The summed E-state index contributed by atoms with van der Waals surface area (Å²) in [5, 5.41) is 18.5. The van der Waals surface area contributed by atoms with Gasteiger partial charge in [-0.3, -0.25) is 10.1 Å². The van der Waals surface area contributed by atoms with E-state index in [0.29, 0.717) is 28.7 Å². The van der Waals surface area contributed by atoms with Crippen LogP contribution in [0.25, 0.3) is 0 Å². The molecule has 2 aliphatic rings. The van der Waals surface area contributed by atoms with Crippen molar-refractivity contribution in [3.63, 3.8) is 0 Å². The molecule has 9 heteroatoms. The number of nitro benzene ring substituents is 1. The van der Waals surface area contributed by atoms with Gasteiger partial charge in [-0.25, -0.2) is 5.01 Å². The first-order valence-corrected chi connectivity index (χ1v) is 10.6. The van der Waals surface area contributed by atoms with Gasteiger partial charge in [-0.05, 0) is 48.5 Å². The summed E-state index contributed by atoms with van der Waals surface area (Å²) in [5.41, 5.74) is 3.51. The molecule has 0 bridgehead atoms. The number of benzene rings is 3. The highest BCUT2D eigenvalue weighted by Gasteiger charge is 2.41. The summed E-state index contributed by atoms with van der Waals surface area (Å²) in [7, 11) is 3.19. The third-order valence-corrected chi connectivity index (χ3v) is 6.09. The first-order chi connectivity index (χ1) is 16.0. The van der Waals surface area contributed by atoms with Gasteiger partial charge in [0.25, 0.3) is 5.69 Å². The summed E-state index contributed by atoms with van der Waals surface area (Å²) in [6.07, 6.45) is 0.0949. The van der Waals surface area contributed by atoms with Crippen molar-refractivity contribution in [2.75, 3.05) is 14.2 Å². The fraction of sp³-hybridized carbons (Fsp3) is 0.208. The molecule has 8 nitrogen and oxygen atoms in total. The highest BCUT2D eigenvalue weighted by molar-refractivity contribution is 6.30. The highest BCUT2D eigenvalue weighted by atomic mass is 35.5. The molecule has 2 unspecified atom stereocenters. The van der Waals surface area contributed by atoms with Crippen molar-refractivity contribution in [2.45, 2.75) is 18.7 Å². The third kappa shape index (κ3) is 3.72. The molecule has 168 valence electrons. The number of hydrogen-bond donors (Lipinski definition) is 0. The van der Waals surface area contributed by atoms with Gasteiger partial charge in [0.2, 0.25) is 6.23 Å². The second-order valence-corrected chi connectivity index (χ2v) is 8.15. The lowest BCUT2D eigenvalue weighted by atomic mass is 9.95. The lowest BCUT2D eigenvalue weighted by Crippen LogP contribution is -2.33. The highest BCUT2D eigenvalue weighted by Crippen LogP contribution is 2.48. The van der Waals surface area contributed by atoms with Crippen LogP contribution < -0.4 is 14.2 Å². The van der Waals surface area contributed by atoms with E-state index in [-0.39, 0.29) is 11.7 Å². The second kappa shape index (κ2) is 8.29. The standard InChI is InChI=1S/C24H20ClN3O5/c1-31-22-9-5-15(11-23(22)32-2)19-13-20-18-12-16(25)6-10-21(18)33-24(27(20)26-19)14-3-7-17(8-4-14)28(29)30/h3-12,20,24H,13H2,1-2H3. The number of rotatable bonds is 5. The van der Waals surface area contributed by atoms with Gasteiger partial charge in [0, 0.05) is 40.3 Å². The summed E-state index contributed by atoms with van der Waals surface area (Å²) in [6, 6.07) is 17.5. The Morgan fingerprint density at radius 1 is 1.06 bits per heavy atom. The van der Waals surface area contributed by atoms with Gasteiger partial charge in [0.15, 0.2) is 11.5 Å². The molecular formula is C24H20ClN3O5. The zero-order chi connectivity index (χ0) is 23.1. The van der Waals surface area contributed by atoms with Crippen molar-refractivity contribution in [1.29, 1.82) is 0 Å². The van der Waals surface area contributed by atoms with E-state index >= 15 is 0 Å². The quantitative estimate of drug-likeness (QED) is 0.365. The molecule has 2 heterocycles. The van der Waals surface area contributed by atoms with Crippen LogP contribution in [0.1, 0.15) is 35.4 Å². The molecule has 0 fully saturated rings. The van der Waals surface area contributed by atoms with E-state index in [1.54, 1.807) is 32.4 Å². The molecule has 0 radical (unpaired) electrons. The molecule has 3 aromatic rings. The van der Waals surface area contributed by atoms with Crippen LogP contribution in [0.5, 0.6) is 17.2 Å². The van der Waals surface area contributed by atoms with Gasteiger partial charge < -0.3 is 14.2 Å². The van der Waals surface area contributed by atoms with Crippen molar-refractivity contribution >= 4 is 23.0 Å². The van der Waals surface area contributed by atoms with Gasteiger partial charge in [0.1, 0.15) is 5.75 Å². The number of nitro groups is 1. The first kappa shape index (κ1) is 21.1. The Morgan fingerprint density at radius 3 is 2.52 bits per heavy atom. The van der Waals surface area contributed by atoms with Crippen LogP contribution in [-0.4, -0.2) is 29.9 Å². The Balaban J connectivity index is 1.57. The maximum Gasteiger partial charge on any atom is 0.269 e. The van der Waals surface area contributed by atoms with E-state index in [1.165, 1.54) is 12.1 Å². The van der Waals surface area contributed by atoms with Crippen LogP contribution in [0.2, 0.25) is 5.02 Å². The Kier molecular flexibility index (Phi) is 5.30. The molecule has 0 amide bonds. The van der Waals surface area contributed by atoms with Crippen molar-refractivity contribution in [2.24, 2.45) is 5.10 Å². The van der Waals surface area contributed by atoms with Gasteiger partial charge >= 0.3 is 0 Å². The molecule has 0 saturated carbocycles. The number of hydrogen-bond acceptors (Lipinski definition) is 7. The zero-order valence-electron chi connectivity index (χ0n) is 17.9. The number of halogens is 1. The minimum absolute atomic E-state index is 0.0224. The molecule has 2 aliphatic heterocycles. The van der Waals surface area contributed by atoms with Gasteiger partial charge in [-0.1, -0.05) is 11.6 Å². The molecule has 3 aromatic carbocycles. The van der Waals surface area contributed by atoms with E-state index in [0.717, 1.165) is 22.4 Å². The Hall–Kier alpha value is -3.78. The molecule has 2 atom stereocenters. The van der Waals surface area contributed by atoms with Crippen molar-refractivity contribution in [3.05, 3.63) is 92.5 Å². The minimum atomic E-state index is -0.540. The van der Waals surface area contributed by atoms with Crippen LogP contribution in [-0.2, 0) is 0 Å². The Labute approximate surface area is 195 Å². The second-order valence-electron chi connectivity index (χ2n) is 7.72. The van der Waals surface area contributed by atoms with Crippen molar-refractivity contribution < 1.29 is 19.1 Å². The van der Waals surface area contributed by atoms with Crippen LogP contribution >= 0.6 is 11.6 Å². The summed E-state index contributed by atoms with van der Waals surface area (Å²) in [5.74, 6) is 1.98. The molecule has 0 spiro atoms. The number of non-ortho nitro benzene ring substituents is 1. The molecule has 0 aliphatic carbocycles. The normalized spacial score (nSPS) is 18.6. The van der Waals surface area contributed by atoms with Crippen molar-refractivity contribution in [1.82, 2.24) is 5.01 Å². The molecule has 5 rings (SSSR count). The van der Waals surface area contributed by atoms with E-state index in [9.17, 15) is 10.1 Å². The average Bonchev–Trinajstić information content (AvgIpc) is 3.29. The van der Waals surface area contributed by atoms with Crippen LogP contribution in [0, 0.1) is 10.1 Å². The SMILES string of the molecule is COc1ccc(C2=NN3C(C2)c2cc(Cl)ccc2OC3c2ccc([N+](=O)[O-])cc2)cc1OC. The fourth-order valence-corrected chi connectivity index (χ4v) is 4.41. The van der Waals surface area contributed by atoms with E-state index in [1.807, 2.05) is 35.3 Å². The fourth-order valence-electron chi connectivity index (χ4n) is 4.23. The largest absolute Gasteiger partial charge is 0.493 e. The smallest absolute Gasteiger partial charge is 0.269 e. The number of nitrogens with zero attached hydrogens (tertiary/aromatic N) is 3. The van der Waals surface area contributed by atoms with Crippen LogP contribution in [0.4, 0.5) is 5.69 Å². The Bertz CT molecular complexity index is 1260. The lowest BCUT2D eigenvalue weighted by Gasteiger charge is -2.38. The molecule has 0 aromatic heterocycles. The number of methoxy groups -OCH3 is 2. The monoisotopic (exact) mass is 465 g/mol. The van der Waals surface area contributed by atoms with Gasteiger partial charge in [-0.2, -0.15) is 5.10 Å². The summed E-state index contributed by atoms with van der Waals surface area (Å²) >= 11 is 6.29. The molecule has 33 heavy (non-hydrogen) atoms. The zero-order valence-corrected chi connectivity index (χ0v) is 18.7. The summed E-state index contributed by atoms with van der Waals surface area (Å²) < 4.78 is 17.1. The lowest BCUT2D eigenvalue weighted by molar-refractivity contribution is -0.384. The maximum atomic E-state index is 11.1. The van der Waals surface area contributed by atoms with Crippen molar-refractivity contribution in [3.8, 4) is 17.2 Å². The van der Waals surface area contributed by atoms with Crippen LogP contribution in [0.3, 0.4) is 0 Å². The number of fused-ring (bicyclic) bond motifs is 3. The molecule has 0 saturated heterocycles. The number of hydrazone groups is 1. The van der Waals surface area contributed by atoms with E-state index < -0.39 is 11.2 Å². The predicted molar refractivity (Wildman–Crippen MR) is 123 cm³/mol. The third-order valence-electron chi connectivity index (χ3n) is 5.86. The van der Waals surface area contributed by atoms with E-state index in [2.05, 4.69) is 0 Å². The topological polar surface area (TPSA) is 86.4 Å². The van der Waals surface area contributed by atoms with Gasteiger partial charge in [0.05, 0.1) is 30.9 Å². The average molecular weight is 466 g/mol. The summed E-state index contributed by atoms with van der Waals surface area (Å²) in [4.78, 5) is 10.7. The van der Waals surface area contributed by atoms with Crippen LogP contribution in [0.15, 0.2) is 65.8 Å². The van der Waals surface area contributed by atoms with Gasteiger partial charge in [-0.15, -0.1) is 0 Å². The molecule has 0 N–H and O–H groups in total. The summed E-state index contributed by atoms with van der Waals surface area (Å²) in [6.45, 7) is 0.